The molecule has 0 aromatic rings. The van der Waals surface area contributed by atoms with Gasteiger partial charge in [0.2, 0.25) is 0 Å². The summed E-state index contributed by atoms with van der Waals surface area (Å²) < 4.78 is 6.04. The van der Waals surface area contributed by atoms with Gasteiger partial charge in [-0.25, -0.2) is 0 Å². The van der Waals surface area contributed by atoms with E-state index >= 15 is 0 Å². The first-order valence-electron chi connectivity index (χ1n) is 8.54. The summed E-state index contributed by atoms with van der Waals surface area (Å²) in [5, 5.41) is 6.90. The van der Waals surface area contributed by atoms with Crippen molar-refractivity contribution in [1.29, 1.82) is 0 Å². The summed E-state index contributed by atoms with van der Waals surface area (Å²) in [7, 11) is 1.84. The Kier molecular flexibility index (Phi) is 12.8. The minimum atomic E-state index is 0. The summed E-state index contributed by atoms with van der Waals surface area (Å²) in [5.41, 5.74) is 0.196. The van der Waals surface area contributed by atoms with E-state index in [9.17, 15) is 0 Å². The first-order valence-corrected chi connectivity index (χ1v) is 9.93. The Morgan fingerprint density at radius 2 is 2.00 bits per heavy atom. The van der Waals surface area contributed by atoms with Gasteiger partial charge in [0.05, 0.1) is 6.10 Å². The van der Waals surface area contributed by atoms with Crippen LogP contribution in [0.4, 0.5) is 0 Å². The number of aliphatic imine (C=N–C) groups is 1. The molecule has 1 aliphatic rings. The summed E-state index contributed by atoms with van der Waals surface area (Å²) in [4.78, 5) is 4.33. The summed E-state index contributed by atoms with van der Waals surface area (Å²) in [6.45, 7) is 9.65. The first-order chi connectivity index (χ1) is 10.5. The van der Waals surface area contributed by atoms with Crippen LogP contribution >= 0.6 is 35.7 Å². The second-order valence-electron chi connectivity index (χ2n) is 7.14. The normalized spacial score (nSPS) is 22.4. The van der Waals surface area contributed by atoms with Crippen LogP contribution in [0.2, 0.25) is 0 Å². The number of nitrogens with one attached hydrogen (secondary N) is 2. The lowest BCUT2D eigenvalue weighted by atomic mass is 9.78. The Labute approximate surface area is 164 Å². The molecule has 0 aromatic carbocycles. The Hall–Kier alpha value is 0.310. The summed E-state index contributed by atoms with van der Waals surface area (Å²) in [6, 6.07) is 0. The molecule has 4 nitrogen and oxygen atoms in total. The standard InChI is InChI=1S/C17H35N3OS.HI/c1-17(2,3)15-14(9-8-11-21-15)13-20-16(18-4)19-10-6-7-12-22-5;/h14-15H,6-13H2,1-5H3,(H2,18,19,20);1H. The lowest BCUT2D eigenvalue weighted by molar-refractivity contribution is -0.0835. The van der Waals surface area contributed by atoms with Gasteiger partial charge in [-0.05, 0) is 43.1 Å². The fourth-order valence-electron chi connectivity index (χ4n) is 3.04. The van der Waals surface area contributed by atoms with Gasteiger partial charge in [-0.15, -0.1) is 24.0 Å². The lowest BCUT2D eigenvalue weighted by Gasteiger charge is -2.40. The van der Waals surface area contributed by atoms with Crippen molar-refractivity contribution in [3.05, 3.63) is 0 Å². The van der Waals surface area contributed by atoms with Crippen molar-refractivity contribution >= 4 is 41.7 Å². The lowest BCUT2D eigenvalue weighted by Crippen LogP contribution is -2.47. The van der Waals surface area contributed by atoms with Gasteiger partial charge in [0, 0.05) is 32.7 Å². The number of hydrogen-bond acceptors (Lipinski definition) is 3. The molecule has 0 aliphatic carbocycles. The number of ether oxygens (including phenoxy) is 1. The molecule has 2 N–H and O–H groups in total. The van der Waals surface area contributed by atoms with E-state index in [0.717, 1.165) is 25.7 Å². The van der Waals surface area contributed by atoms with Crippen molar-refractivity contribution < 1.29 is 4.74 Å². The van der Waals surface area contributed by atoms with E-state index in [0.29, 0.717) is 12.0 Å². The number of unbranched alkanes of at least 4 members (excludes halogenated alkanes) is 1. The predicted octanol–water partition coefficient (Wildman–Crippen LogP) is 3.75. The van der Waals surface area contributed by atoms with E-state index in [-0.39, 0.29) is 29.4 Å². The van der Waals surface area contributed by atoms with E-state index in [2.05, 4.69) is 42.7 Å². The number of rotatable bonds is 7. The summed E-state index contributed by atoms with van der Waals surface area (Å²) in [5.74, 6) is 2.71. The molecule has 2 unspecified atom stereocenters. The monoisotopic (exact) mass is 457 g/mol. The highest BCUT2D eigenvalue weighted by atomic mass is 127. The SMILES string of the molecule is CN=C(NCCCCSC)NCC1CCCOC1C(C)(C)C.I. The van der Waals surface area contributed by atoms with Crippen molar-refractivity contribution in [2.45, 2.75) is 52.6 Å². The summed E-state index contributed by atoms with van der Waals surface area (Å²) >= 11 is 1.91. The Morgan fingerprint density at radius 1 is 1.26 bits per heavy atom. The van der Waals surface area contributed by atoms with Gasteiger partial charge in [0.25, 0.3) is 0 Å². The zero-order chi connectivity index (χ0) is 16.4. The average Bonchev–Trinajstić information content (AvgIpc) is 2.49. The molecule has 1 heterocycles. The van der Waals surface area contributed by atoms with Crippen LogP contribution in [0.3, 0.4) is 0 Å². The maximum absolute atomic E-state index is 6.04. The molecule has 6 heteroatoms. The van der Waals surface area contributed by atoms with Crippen LogP contribution in [0.1, 0.15) is 46.5 Å². The van der Waals surface area contributed by atoms with Gasteiger partial charge >= 0.3 is 0 Å². The molecular weight excluding hydrogens is 421 g/mol. The maximum Gasteiger partial charge on any atom is 0.190 e. The fraction of sp³-hybridized carbons (Fsp3) is 0.941. The average molecular weight is 457 g/mol. The Morgan fingerprint density at radius 3 is 2.61 bits per heavy atom. The topological polar surface area (TPSA) is 45.7 Å². The number of thioether (sulfide) groups is 1. The highest BCUT2D eigenvalue weighted by Gasteiger charge is 2.35. The van der Waals surface area contributed by atoms with E-state index in [1.54, 1.807) is 0 Å². The number of guanidine groups is 1. The second-order valence-corrected chi connectivity index (χ2v) is 8.13. The number of halogens is 1. The van der Waals surface area contributed by atoms with Crippen molar-refractivity contribution in [1.82, 2.24) is 10.6 Å². The zero-order valence-corrected chi connectivity index (χ0v) is 18.6. The van der Waals surface area contributed by atoms with Crippen LogP contribution in [-0.2, 0) is 4.74 Å². The van der Waals surface area contributed by atoms with Gasteiger partial charge in [0.1, 0.15) is 0 Å². The van der Waals surface area contributed by atoms with E-state index < -0.39 is 0 Å². The van der Waals surface area contributed by atoms with Crippen LogP contribution in [-0.4, -0.2) is 50.8 Å². The third-order valence-electron chi connectivity index (χ3n) is 4.12. The highest BCUT2D eigenvalue weighted by Crippen LogP contribution is 2.33. The predicted molar refractivity (Wildman–Crippen MR) is 114 cm³/mol. The minimum absolute atomic E-state index is 0. The molecule has 0 aromatic heterocycles. The molecule has 1 aliphatic heterocycles. The van der Waals surface area contributed by atoms with E-state index in [4.69, 9.17) is 4.74 Å². The molecule has 0 amide bonds. The molecule has 0 saturated carbocycles. The fourth-order valence-corrected chi connectivity index (χ4v) is 3.53. The zero-order valence-electron chi connectivity index (χ0n) is 15.5. The third kappa shape index (κ3) is 9.39. The molecule has 1 saturated heterocycles. The van der Waals surface area contributed by atoms with Crippen molar-refractivity contribution in [3.63, 3.8) is 0 Å². The highest BCUT2D eigenvalue weighted by molar-refractivity contribution is 14.0. The second kappa shape index (κ2) is 12.6. The molecule has 23 heavy (non-hydrogen) atoms. The Balaban J connectivity index is 0.00000484. The smallest absolute Gasteiger partial charge is 0.190 e. The first kappa shape index (κ1) is 23.3. The van der Waals surface area contributed by atoms with E-state index in [1.165, 1.54) is 31.4 Å². The van der Waals surface area contributed by atoms with Crippen LogP contribution in [0, 0.1) is 11.3 Å². The minimum Gasteiger partial charge on any atom is -0.377 e. The van der Waals surface area contributed by atoms with Crippen molar-refractivity contribution in [3.8, 4) is 0 Å². The quantitative estimate of drug-likeness (QED) is 0.265. The van der Waals surface area contributed by atoms with Crippen LogP contribution in [0.5, 0.6) is 0 Å². The summed E-state index contributed by atoms with van der Waals surface area (Å²) in [6.07, 6.45) is 7.34. The number of nitrogens with zero attached hydrogens (tertiary/aromatic N) is 1. The molecule has 138 valence electrons. The molecule has 1 rings (SSSR count). The maximum atomic E-state index is 6.04. The van der Waals surface area contributed by atoms with Crippen molar-refractivity contribution in [2.75, 3.05) is 38.8 Å². The molecule has 0 bridgehead atoms. The van der Waals surface area contributed by atoms with Gasteiger partial charge in [-0.1, -0.05) is 20.8 Å². The van der Waals surface area contributed by atoms with E-state index in [1.807, 2.05) is 18.8 Å². The Bertz CT molecular complexity index is 334. The number of hydrogen-bond donors (Lipinski definition) is 2. The third-order valence-corrected chi connectivity index (χ3v) is 4.82. The van der Waals surface area contributed by atoms with Crippen LogP contribution < -0.4 is 10.6 Å². The van der Waals surface area contributed by atoms with Crippen molar-refractivity contribution in [2.24, 2.45) is 16.3 Å². The molecular formula is C17H36IN3OS. The van der Waals surface area contributed by atoms with Gasteiger partial charge in [-0.2, -0.15) is 11.8 Å². The molecule has 1 fully saturated rings. The molecule has 2 atom stereocenters. The molecule has 0 radical (unpaired) electrons. The van der Waals surface area contributed by atoms with Gasteiger partial charge in [-0.3, -0.25) is 4.99 Å². The van der Waals surface area contributed by atoms with Gasteiger partial charge in [0.15, 0.2) is 5.96 Å². The molecule has 0 spiro atoms. The largest absolute Gasteiger partial charge is 0.377 e. The van der Waals surface area contributed by atoms with Crippen LogP contribution in [0.25, 0.3) is 0 Å². The van der Waals surface area contributed by atoms with Gasteiger partial charge < -0.3 is 15.4 Å². The van der Waals surface area contributed by atoms with Crippen LogP contribution in [0.15, 0.2) is 4.99 Å².